The van der Waals surface area contributed by atoms with Gasteiger partial charge in [0.1, 0.15) is 11.4 Å². The molecule has 1 aromatic carbocycles. The van der Waals surface area contributed by atoms with E-state index in [1.54, 1.807) is 51.2 Å². The summed E-state index contributed by atoms with van der Waals surface area (Å²) in [5, 5.41) is 0. The normalized spacial score (nSPS) is 14.7. The summed E-state index contributed by atoms with van der Waals surface area (Å²) >= 11 is 0. The molecule has 2 aromatic heterocycles. The van der Waals surface area contributed by atoms with Crippen LogP contribution in [0.5, 0.6) is 5.75 Å². The van der Waals surface area contributed by atoms with Gasteiger partial charge in [0.05, 0.1) is 34.9 Å². The molecule has 4 rings (SSSR count). The Morgan fingerprint density at radius 2 is 1.77 bits per heavy atom. The van der Waals surface area contributed by atoms with Gasteiger partial charge < -0.3 is 14.4 Å². The van der Waals surface area contributed by atoms with Crippen LogP contribution in [0, 0.1) is 0 Å². The van der Waals surface area contributed by atoms with Gasteiger partial charge in [0, 0.05) is 44.5 Å². The number of benzene rings is 1. The number of ether oxygens (including phenoxy) is 2. The molecule has 0 aliphatic carbocycles. The van der Waals surface area contributed by atoms with E-state index in [2.05, 4.69) is 9.88 Å². The molecule has 35 heavy (non-hydrogen) atoms. The van der Waals surface area contributed by atoms with Gasteiger partial charge in [-0.25, -0.2) is 22.1 Å². The smallest absolute Gasteiger partial charge is 0.419 e. The lowest BCUT2D eigenvalue weighted by Crippen LogP contribution is -2.28. The molecule has 0 spiro atoms. The molecule has 0 bridgehead atoms. The summed E-state index contributed by atoms with van der Waals surface area (Å²) in [4.78, 5) is 20.3. The number of carbonyl (C=O) groups is 1. The third-order valence-corrected chi connectivity index (χ3v) is 7.72. The first kappa shape index (κ1) is 25.0. The zero-order chi connectivity index (χ0) is 25.5. The monoisotopic (exact) mass is 500 g/mol. The fraction of sp³-hybridized carbons (Fsp3) is 0.440. The van der Waals surface area contributed by atoms with Crippen molar-refractivity contribution < 1.29 is 22.7 Å². The molecule has 0 saturated carbocycles. The molecule has 0 N–H and O–H groups in total. The Bertz CT molecular complexity index is 1370. The van der Waals surface area contributed by atoms with Crippen molar-refractivity contribution in [3.8, 4) is 17.0 Å². The summed E-state index contributed by atoms with van der Waals surface area (Å²) in [6.07, 6.45) is 3.10. The van der Waals surface area contributed by atoms with Gasteiger partial charge in [-0.1, -0.05) is 0 Å². The zero-order valence-corrected chi connectivity index (χ0v) is 21.8. The molecular weight excluding hydrogens is 468 g/mol. The minimum atomic E-state index is -3.70. The first-order valence-corrected chi connectivity index (χ1v) is 13.0. The highest BCUT2D eigenvalue weighted by molar-refractivity contribution is 7.89. The van der Waals surface area contributed by atoms with E-state index in [0.717, 1.165) is 31.6 Å². The summed E-state index contributed by atoms with van der Waals surface area (Å²) in [5.74, 6) is 0.496. The maximum Gasteiger partial charge on any atom is 0.419 e. The summed E-state index contributed by atoms with van der Waals surface area (Å²) < 4.78 is 39.7. The molecule has 188 valence electrons. The van der Waals surface area contributed by atoms with E-state index < -0.39 is 21.7 Å². The summed E-state index contributed by atoms with van der Waals surface area (Å²) in [6.45, 7) is 7.11. The van der Waals surface area contributed by atoms with E-state index in [-0.39, 0.29) is 4.90 Å². The van der Waals surface area contributed by atoms with Crippen molar-refractivity contribution in [2.75, 3.05) is 39.2 Å². The second-order valence-electron chi connectivity index (χ2n) is 9.79. The van der Waals surface area contributed by atoms with Crippen molar-refractivity contribution in [1.29, 1.82) is 0 Å². The SMILES string of the molecule is COc1cnc2cc(-c3cc(S(=O)(=O)N(C)C)ccc3N3CCCC3)n(C(=O)OC(C)(C)C)c2c1. The minimum Gasteiger partial charge on any atom is -0.495 e. The van der Waals surface area contributed by atoms with E-state index in [0.29, 0.717) is 28.0 Å². The Hall–Kier alpha value is -3.11. The lowest BCUT2D eigenvalue weighted by atomic mass is 10.1. The Labute approximate surface area is 206 Å². The molecule has 1 aliphatic heterocycles. The van der Waals surface area contributed by atoms with Gasteiger partial charge in [-0.05, 0) is 57.9 Å². The highest BCUT2D eigenvalue weighted by Gasteiger charge is 2.28. The van der Waals surface area contributed by atoms with Crippen LogP contribution in [0.1, 0.15) is 33.6 Å². The van der Waals surface area contributed by atoms with Crippen LogP contribution in [0.25, 0.3) is 22.3 Å². The molecule has 3 heterocycles. The average molecular weight is 501 g/mol. The number of nitrogens with zero attached hydrogens (tertiary/aromatic N) is 4. The van der Waals surface area contributed by atoms with Crippen LogP contribution in [0.2, 0.25) is 0 Å². The molecule has 0 atom stereocenters. The number of carbonyl (C=O) groups excluding carboxylic acids is 1. The number of methoxy groups -OCH3 is 1. The number of fused-ring (bicyclic) bond motifs is 1. The number of anilines is 1. The van der Waals surface area contributed by atoms with Crippen molar-refractivity contribution in [3.63, 3.8) is 0 Å². The zero-order valence-electron chi connectivity index (χ0n) is 21.0. The maximum absolute atomic E-state index is 13.5. The van der Waals surface area contributed by atoms with Crippen molar-refractivity contribution >= 4 is 32.8 Å². The largest absolute Gasteiger partial charge is 0.495 e. The number of aromatic nitrogens is 2. The molecule has 0 unspecified atom stereocenters. The van der Waals surface area contributed by atoms with Crippen LogP contribution >= 0.6 is 0 Å². The van der Waals surface area contributed by atoms with Crippen molar-refractivity contribution in [3.05, 3.63) is 36.5 Å². The average Bonchev–Trinajstić information content (AvgIpc) is 3.44. The predicted molar refractivity (Wildman–Crippen MR) is 136 cm³/mol. The molecule has 0 amide bonds. The van der Waals surface area contributed by atoms with E-state index in [1.807, 2.05) is 6.07 Å². The van der Waals surface area contributed by atoms with E-state index in [9.17, 15) is 13.2 Å². The molecule has 1 saturated heterocycles. The van der Waals surface area contributed by atoms with Gasteiger partial charge in [0.2, 0.25) is 10.0 Å². The molecule has 0 radical (unpaired) electrons. The van der Waals surface area contributed by atoms with Crippen molar-refractivity contribution in [1.82, 2.24) is 13.9 Å². The summed E-state index contributed by atoms with van der Waals surface area (Å²) in [6, 6.07) is 8.59. The predicted octanol–water partition coefficient (Wildman–Crippen LogP) is 4.35. The lowest BCUT2D eigenvalue weighted by molar-refractivity contribution is 0.0547. The summed E-state index contributed by atoms with van der Waals surface area (Å²) in [5.41, 5.74) is 2.34. The maximum atomic E-state index is 13.5. The highest BCUT2D eigenvalue weighted by Crippen LogP contribution is 2.38. The van der Waals surface area contributed by atoms with Crippen LogP contribution in [-0.4, -0.2) is 68.3 Å². The lowest BCUT2D eigenvalue weighted by Gasteiger charge is -2.24. The first-order chi connectivity index (χ1) is 16.4. The molecular formula is C25H32N4O5S. The van der Waals surface area contributed by atoms with Gasteiger partial charge in [-0.3, -0.25) is 4.98 Å². The highest BCUT2D eigenvalue weighted by atomic mass is 32.2. The Morgan fingerprint density at radius 3 is 2.37 bits per heavy atom. The van der Waals surface area contributed by atoms with Gasteiger partial charge in [0.25, 0.3) is 0 Å². The van der Waals surface area contributed by atoms with Crippen molar-refractivity contribution in [2.24, 2.45) is 0 Å². The second-order valence-corrected chi connectivity index (χ2v) is 11.9. The minimum absolute atomic E-state index is 0.145. The molecule has 1 aliphatic rings. The second kappa shape index (κ2) is 9.16. The third kappa shape index (κ3) is 4.85. The van der Waals surface area contributed by atoms with Crippen LogP contribution in [0.3, 0.4) is 0 Å². The number of rotatable bonds is 5. The Kier molecular flexibility index (Phi) is 6.54. The molecule has 10 heteroatoms. The molecule has 9 nitrogen and oxygen atoms in total. The van der Waals surface area contributed by atoms with Crippen LogP contribution in [0.4, 0.5) is 10.5 Å². The fourth-order valence-corrected chi connectivity index (χ4v) is 5.13. The van der Waals surface area contributed by atoms with Crippen LogP contribution in [-0.2, 0) is 14.8 Å². The third-order valence-electron chi connectivity index (χ3n) is 5.91. The fourth-order valence-electron chi connectivity index (χ4n) is 4.20. The Morgan fingerprint density at radius 1 is 1.09 bits per heavy atom. The number of sulfonamides is 1. The number of pyridine rings is 1. The van der Waals surface area contributed by atoms with Gasteiger partial charge in [-0.15, -0.1) is 0 Å². The first-order valence-electron chi connectivity index (χ1n) is 11.5. The van der Waals surface area contributed by atoms with Crippen LogP contribution in [0.15, 0.2) is 41.4 Å². The van der Waals surface area contributed by atoms with Crippen molar-refractivity contribution in [2.45, 2.75) is 44.1 Å². The number of hydrogen-bond donors (Lipinski definition) is 0. The van der Waals surface area contributed by atoms with E-state index in [1.165, 1.54) is 30.1 Å². The number of hydrogen-bond acceptors (Lipinski definition) is 7. The quantitative estimate of drug-likeness (QED) is 0.514. The van der Waals surface area contributed by atoms with E-state index >= 15 is 0 Å². The standard InChI is InChI=1S/C25H32N4O5S/c1-25(2,3)34-24(30)29-22(15-20-23(29)13-17(33-6)16-26-20)19-14-18(35(31,32)27(4)5)9-10-21(19)28-11-7-8-12-28/h9-10,13-16H,7-8,11-12H2,1-6H3. The van der Waals surface area contributed by atoms with Gasteiger partial charge in [0.15, 0.2) is 0 Å². The van der Waals surface area contributed by atoms with Gasteiger partial charge in [-0.2, -0.15) is 0 Å². The Balaban J connectivity index is 2.02. The van der Waals surface area contributed by atoms with Gasteiger partial charge >= 0.3 is 6.09 Å². The molecule has 1 fully saturated rings. The van der Waals surface area contributed by atoms with Crippen LogP contribution < -0.4 is 9.64 Å². The van der Waals surface area contributed by atoms with E-state index in [4.69, 9.17) is 9.47 Å². The topological polar surface area (TPSA) is 94.0 Å². The molecule has 3 aromatic rings. The summed E-state index contributed by atoms with van der Waals surface area (Å²) in [7, 11) is 0.831.